The highest BCUT2D eigenvalue weighted by Gasteiger charge is 2.21. The molecule has 0 radical (unpaired) electrons. The molecule has 0 aliphatic rings. The lowest BCUT2D eigenvalue weighted by atomic mass is 10.0. The lowest BCUT2D eigenvalue weighted by molar-refractivity contribution is 1.17. The highest BCUT2D eigenvalue weighted by atomic mass is 15.0. The fraction of sp³-hybridized carbons (Fsp3) is 0. The number of fused-ring (bicyclic) bond motifs is 8. The molecule has 224 valence electrons. The van der Waals surface area contributed by atoms with E-state index in [1.54, 1.807) is 0 Å². The second kappa shape index (κ2) is 10.6. The average Bonchev–Trinajstić information content (AvgIpc) is 3.72. The second-order valence-corrected chi connectivity index (χ2v) is 12.2. The van der Waals surface area contributed by atoms with Crippen molar-refractivity contribution in [3.8, 4) is 33.6 Å². The van der Waals surface area contributed by atoms with Crippen LogP contribution in [0.3, 0.4) is 0 Å². The van der Waals surface area contributed by atoms with Crippen molar-refractivity contribution in [2.75, 3.05) is 0 Å². The van der Waals surface area contributed by atoms with Crippen LogP contribution >= 0.6 is 0 Å². The highest BCUT2D eigenvalue weighted by molar-refractivity contribution is 6.29. The minimum absolute atomic E-state index is 0.194. The number of rotatable bonds is 4. The molecule has 10 aromatic rings. The summed E-state index contributed by atoms with van der Waals surface area (Å²) in [6.45, 7) is 0. The Hall–Kier alpha value is -6.38. The van der Waals surface area contributed by atoms with Crippen LogP contribution in [0.25, 0.3) is 88.0 Å². The first-order valence-corrected chi connectivity index (χ1v) is 16.1. The summed E-state index contributed by atoms with van der Waals surface area (Å²) >= 11 is 0. The molecule has 0 aliphatic heterocycles. The molecule has 8 aromatic carbocycles. The summed E-state index contributed by atoms with van der Waals surface area (Å²) in [7, 11) is 0. The van der Waals surface area contributed by atoms with Crippen molar-refractivity contribution in [3.05, 3.63) is 182 Å². The van der Waals surface area contributed by atoms with Gasteiger partial charge in [-0.05, 0) is 81.6 Å². The fourth-order valence-corrected chi connectivity index (χ4v) is 7.42. The topological polar surface area (TPSA) is 9.86 Å². The summed E-state index contributed by atoms with van der Waals surface area (Å²) < 4.78 is 46.2. The first-order valence-electron chi connectivity index (χ1n) is 18.6. The van der Waals surface area contributed by atoms with Crippen LogP contribution in [-0.4, -0.2) is 9.13 Å². The van der Waals surface area contributed by atoms with Gasteiger partial charge in [-0.3, -0.25) is 0 Å². The Morgan fingerprint density at radius 2 is 0.958 bits per heavy atom. The van der Waals surface area contributed by atoms with E-state index in [1.807, 2.05) is 30.3 Å². The summed E-state index contributed by atoms with van der Waals surface area (Å²) in [4.78, 5) is 0. The van der Waals surface area contributed by atoms with Gasteiger partial charge in [-0.25, -0.2) is 0 Å². The van der Waals surface area contributed by atoms with Crippen molar-refractivity contribution in [1.29, 1.82) is 0 Å². The van der Waals surface area contributed by atoms with Crippen molar-refractivity contribution >= 4 is 54.4 Å². The molecule has 10 rings (SSSR count). The van der Waals surface area contributed by atoms with Gasteiger partial charge in [-0.1, -0.05) is 133 Å². The molecule has 0 spiro atoms. The van der Waals surface area contributed by atoms with Crippen LogP contribution in [0.15, 0.2) is 182 Å². The lowest BCUT2D eigenvalue weighted by Crippen LogP contribution is -1.95. The predicted octanol–water partition coefficient (Wildman–Crippen LogP) is 12.4. The van der Waals surface area contributed by atoms with Gasteiger partial charge >= 0.3 is 0 Å². The van der Waals surface area contributed by atoms with Gasteiger partial charge in [0.15, 0.2) is 0 Å². The molecule has 2 heterocycles. The Morgan fingerprint density at radius 1 is 0.354 bits per heavy atom. The van der Waals surface area contributed by atoms with Gasteiger partial charge in [0.1, 0.15) is 0 Å². The van der Waals surface area contributed by atoms with Gasteiger partial charge < -0.3 is 9.13 Å². The van der Waals surface area contributed by atoms with Crippen molar-refractivity contribution in [2.45, 2.75) is 0 Å². The van der Waals surface area contributed by atoms with Crippen LogP contribution < -0.4 is 0 Å². The van der Waals surface area contributed by atoms with Crippen LogP contribution in [0, 0.1) is 0 Å². The van der Waals surface area contributed by atoms with Crippen LogP contribution in [-0.2, 0) is 0 Å². The number of aromatic nitrogens is 2. The molecule has 0 atom stereocenters. The predicted molar refractivity (Wildman–Crippen MR) is 203 cm³/mol. The monoisotopic (exact) mass is 615 g/mol. The van der Waals surface area contributed by atoms with E-state index in [2.05, 4.69) is 130 Å². The minimum atomic E-state index is -0.395. The van der Waals surface area contributed by atoms with E-state index >= 15 is 0 Å². The van der Waals surface area contributed by atoms with E-state index in [-0.39, 0.29) is 29.7 Å². The van der Waals surface area contributed by atoms with E-state index in [9.17, 15) is 0 Å². The van der Waals surface area contributed by atoms with E-state index < -0.39 is 6.04 Å². The Balaban J connectivity index is 1.27. The van der Waals surface area contributed by atoms with Crippen LogP contribution in [0.4, 0.5) is 0 Å². The normalized spacial score (nSPS) is 13.2. The Bertz CT molecular complexity index is 3080. The zero-order valence-corrected chi connectivity index (χ0v) is 25.8. The average molecular weight is 616 g/mol. The van der Waals surface area contributed by atoms with Gasteiger partial charge in [-0.15, -0.1) is 0 Å². The van der Waals surface area contributed by atoms with Gasteiger partial charge in [0, 0.05) is 32.9 Å². The molecule has 2 heteroatoms. The molecule has 2 nitrogen and oxygen atoms in total. The third-order valence-corrected chi connectivity index (χ3v) is 9.58. The third kappa shape index (κ3) is 4.06. The van der Waals surface area contributed by atoms with Crippen molar-refractivity contribution in [3.63, 3.8) is 0 Å². The standard InChI is InChI=1S/C46H30N2/c1-3-11-31(12-4-1)34-19-23-37(24-20-34)47-42-27-28-43-45(46(42)40-26-22-36(30-44(40)47)32-13-5-2-6-14-32)39-17-9-10-18-41(39)48(43)38-25-21-33-15-7-8-16-35(33)29-38/h1-30H/i1D,3D,4D,11D,12D. The number of para-hydroxylation sites is 1. The largest absolute Gasteiger partial charge is 0.309 e. The van der Waals surface area contributed by atoms with Gasteiger partial charge in [-0.2, -0.15) is 0 Å². The third-order valence-electron chi connectivity index (χ3n) is 9.58. The van der Waals surface area contributed by atoms with Gasteiger partial charge in [0.25, 0.3) is 0 Å². The van der Waals surface area contributed by atoms with Crippen molar-refractivity contribution in [2.24, 2.45) is 0 Å². The molecule has 2 aromatic heterocycles. The molecule has 0 amide bonds. The van der Waals surface area contributed by atoms with Crippen LogP contribution in [0.1, 0.15) is 6.85 Å². The maximum Gasteiger partial charge on any atom is 0.0629 e. The molecule has 0 unspecified atom stereocenters. The summed E-state index contributed by atoms with van der Waals surface area (Å²) in [5, 5.41) is 7.02. The summed E-state index contributed by atoms with van der Waals surface area (Å²) in [5.41, 5.74) is 9.36. The highest BCUT2D eigenvalue weighted by Crippen LogP contribution is 2.43. The van der Waals surface area contributed by atoms with E-state index in [4.69, 9.17) is 6.85 Å². The van der Waals surface area contributed by atoms with E-state index in [0.717, 1.165) is 55.3 Å². The van der Waals surface area contributed by atoms with E-state index in [1.165, 1.54) is 21.5 Å². The summed E-state index contributed by atoms with van der Waals surface area (Å²) in [6, 6.07) is 51.4. The van der Waals surface area contributed by atoms with Gasteiger partial charge in [0.05, 0.1) is 28.9 Å². The molecule has 0 saturated heterocycles. The summed E-state index contributed by atoms with van der Waals surface area (Å²) in [6.07, 6.45) is 0. The maximum absolute atomic E-state index is 8.55. The second-order valence-electron chi connectivity index (χ2n) is 12.2. The molecule has 0 fully saturated rings. The Morgan fingerprint density at radius 3 is 1.75 bits per heavy atom. The fourth-order valence-electron chi connectivity index (χ4n) is 7.42. The number of hydrogen-bond acceptors (Lipinski definition) is 0. The molecule has 0 saturated carbocycles. The molecule has 0 N–H and O–H groups in total. The first-order chi connectivity index (χ1) is 25.9. The molecule has 0 aliphatic carbocycles. The minimum Gasteiger partial charge on any atom is -0.309 e. The van der Waals surface area contributed by atoms with Crippen LogP contribution in [0.2, 0.25) is 0 Å². The molecular weight excluding hydrogens is 581 g/mol. The summed E-state index contributed by atoms with van der Waals surface area (Å²) in [5.74, 6) is 0. The van der Waals surface area contributed by atoms with Gasteiger partial charge in [0.2, 0.25) is 0 Å². The maximum atomic E-state index is 8.55. The smallest absolute Gasteiger partial charge is 0.0629 e. The first kappa shape index (κ1) is 22.2. The number of nitrogens with zero attached hydrogens (tertiary/aromatic N) is 2. The van der Waals surface area contributed by atoms with Crippen molar-refractivity contribution in [1.82, 2.24) is 9.13 Å². The Kier molecular flexibility index (Phi) is 4.89. The zero-order valence-electron chi connectivity index (χ0n) is 30.8. The Labute approximate surface area is 285 Å². The quantitative estimate of drug-likeness (QED) is 0.186. The SMILES string of the molecule is [2H]c1c([2H])c([2H])c(-c2ccc(-n3c4cc(-c5ccccc5)ccc4c4c5c6ccccc6n(-c6ccc7ccccc7c6)c5ccc43)cc2)c([2H])c1[2H]. The molecule has 0 bridgehead atoms. The molecule has 48 heavy (non-hydrogen) atoms. The lowest BCUT2D eigenvalue weighted by Gasteiger charge is -2.11. The van der Waals surface area contributed by atoms with Crippen LogP contribution in [0.5, 0.6) is 0 Å². The number of benzene rings is 8. The van der Waals surface area contributed by atoms with E-state index in [0.29, 0.717) is 5.56 Å². The molecular formula is C46H30N2. The van der Waals surface area contributed by atoms with Crippen molar-refractivity contribution < 1.29 is 6.85 Å². The number of hydrogen-bond donors (Lipinski definition) is 0. The zero-order chi connectivity index (χ0) is 36.0.